The first-order chi connectivity index (χ1) is 6.68. The standard InChI is InChI=1S/C9H17N5/c1-6(5-8-3-4-8)14-9(7(2)10)11-12-13-14/h6-8H,3-5,10H2,1-2H3. The fourth-order valence-electron chi connectivity index (χ4n) is 1.75. The molecule has 0 aliphatic heterocycles. The van der Waals surface area contributed by atoms with Crippen LogP contribution in [0.2, 0.25) is 0 Å². The Hall–Kier alpha value is -0.970. The van der Waals surface area contributed by atoms with Gasteiger partial charge in [-0.2, -0.15) is 0 Å². The molecule has 2 atom stereocenters. The average molecular weight is 195 g/mol. The van der Waals surface area contributed by atoms with Crippen LogP contribution >= 0.6 is 0 Å². The summed E-state index contributed by atoms with van der Waals surface area (Å²) in [6.07, 6.45) is 3.89. The highest BCUT2D eigenvalue weighted by Crippen LogP contribution is 2.36. The van der Waals surface area contributed by atoms with Gasteiger partial charge in [0.2, 0.25) is 0 Å². The predicted molar refractivity (Wildman–Crippen MR) is 52.5 cm³/mol. The lowest BCUT2D eigenvalue weighted by atomic mass is 10.1. The Kier molecular flexibility index (Phi) is 2.50. The lowest BCUT2D eigenvalue weighted by Crippen LogP contribution is -2.17. The number of hydrogen-bond donors (Lipinski definition) is 1. The van der Waals surface area contributed by atoms with Crippen molar-refractivity contribution in [1.82, 2.24) is 20.2 Å². The molecule has 0 aromatic carbocycles. The van der Waals surface area contributed by atoms with Gasteiger partial charge in [0, 0.05) is 0 Å². The molecular formula is C9H17N5. The molecule has 1 aromatic rings. The molecule has 0 amide bonds. The zero-order valence-electron chi connectivity index (χ0n) is 8.72. The van der Waals surface area contributed by atoms with Crippen LogP contribution in [-0.2, 0) is 0 Å². The molecule has 5 heteroatoms. The Bertz CT molecular complexity index is 302. The summed E-state index contributed by atoms with van der Waals surface area (Å²) >= 11 is 0. The van der Waals surface area contributed by atoms with E-state index >= 15 is 0 Å². The Morgan fingerprint density at radius 1 is 1.50 bits per heavy atom. The first-order valence-corrected chi connectivity index (χ1v) is 5.22. The van der Waals surface area contributed by atoms with Gasteiger partial charge in [0.05, 0.1) is 12.1 Å². The van der Waals surface area contributed by atoms with Gasteiger partial charge in [-0.25, -0.2) is 4.68 Å². The molecule has 0 saturated heterocycles. The number of nitrogens with two attached hydrogens (primary N) is 1. The number of rotatable bonds is 4. The summed E-state index contributed by atoms with van der Waals surface area (Å²) in [6, 6.07) is 0.283. The van der Waals surface area contributed by atoms with E-state index in [-0.39, 0.29) is 6.04 Å². The van der Waals surface area contributed by atoms with E-state index in [1.165, 1.54) is 19.3 Å². The lowest BCUT2D eigenvalue weighted by molar-refractivity contribution is 0.406. The molecule has 5 nitrogen and oxygen atoms in total. The fraction of sp³-hybridized carbons (Fsp3) is 0.889. The minimum Gasteiger partial charge on any atom is -0.322 e. The Morgan fingerprint density at radius 3 is 2.79 bits per heavy atom. The van der Waals surface area contributed by atoms with Crippen LogP contribution in [0.5, 0.6) is 0 Å². The van der Waals surface area contributed by atoms with E-state index in [2.05, 4.69) is 22.4 Å². The molecule has 2 unspecified atom stereocenters. The molecule has 1 saturated carbocycles. The van der Waals surface area contributed by atoms with Gasteiger partial charge in [-0.15, -0.1) is 5.10 Å². The van der Waals surface area contributed by atoms with Crippen LogP contribution in [-0.4, -0.2) is 20.2 Å². The van der Waals surface area contributed by atoms with Crippen LogP contribution in [0.1, 0.15) is 51.0 Å². The maximum absolute atomic E-state index is 5.78. The van der Waals surface area contributed by atoms with Gasteiger partial charge in [-0.1, -0.05) is 12.8 Å². The molecule has 2 rings (SSSR count). The van der Waals surface area contributed by atoms with E-state index in [4.69, 9.17) is 5.73 Å². The summed E-state index contributed by atoms with van der Waals surface area (Å²) in [6.45, 7) is 4.06. The molecule has 2 N–H and O–H groups in total. The molecule has 1 fully saturated rings. The van der Waals surface area contributed by atoms with Crippen molar-refractivity contribution in [3.8, 4) is 0 Å². The maximum atomic E-state index is 5.78. The number of aromatic nitrogens is 4. The van der Waals surface area contributed by atoms with Crippen LogP contribution in [0.4, 0.5) is 0 Å². The Balaban J connectivity index is 2.08. The van der Waals surface area contributed by atoms with Crippen LogP contribution in [0, 0.1) is 5.92 Å². The highest BCUT2D eigenvalue weighted by Gasteiger charge is 2.26. The molecule has 14 heavy (non-hydrogen) atoms. The number of nitrogens with zero attached hydrogens (tertiary/aromatic N) is 4. The van der Waals surface area contributed by atoms with Crippen molar-refractivity contribution in [3.05, 3.63) is 5.82 Å². The predicted octanol–water partition coefficient (Wildman–Crippen LogP) is 1.05. The Morgan fingerprint density at radius 2 is 2.21 bits per heavy atom. The minimum absolute atomic E-state index is 0.0911. The third kappa shape index (κ3) is 1.92. The summed E-state index contributed by atoms with van der Waals surface area (Å²) < 4.78 is 1.86. The van der Waals surface area contributed by atoms with Crippen molar-refractivity contribution in [2.75, 3.05) is 0 Å². The summed E-state index contributed by atoms with van der Waals surface area (Å²) in [5, 5.41) is 11.6. The molecule has 1 aliphatic rings. The smallest absolute Gasteiger partial charge is 0.167 e. The third-order valence-electron chi connectivity index (χ3n) is 2.71. The zero-order valence-corrected chi connectivity index (χ0v) is 8.72. The fourth-order valence-corrected chi connectivity index (χ4v) is 1.75. The second-order valence-corrected chi connectivity index (χ2v) is 4.30. The van der Waals surface area contributed by atoms with E-state index < -0.39 is 0 Å². The van der Waals surface area contributed by atoms with Crippen molar-refractivity contribution in [2.45, 2.75) is 45.2 Å². The average Bonchev–Trinajstić information content (AvgIpc) is 2.81. The van der Waals surface area contributed by atoms with Gasteiger partial charge in [-0.3, -0.25) is 0 Å². The zero-order chi connectivity index (χ0) is 10.1. The van der Waals surface area contributed by atoms with E-state index in [0.29, 0.717) is 6.04 Å². The topological polar surface area (TPSA) is 69.6 Å². The van der Waals surface area contributed by atoms with E-state index in [9.17, 15) is 0 Å². The van der Waals surface area contributed by atoms with Crippen molar-refractivity contribution < 1.29 is 0 Å². The minimum atomic E-state index is -0.0911. The first kappa shape index (κ1) is 9.58. The van der Waals surface area contributed by atoms with E-state index in [1.807, 2.05) is 11.6 Å². The summed E-state index contributed by atoms with van der Waals surface area (Å²) in [7, 11) is 0. The lowest BCUT2D eigenvalue weighted by Gasteiger charge is -2.14. The van der Waals surface area contributed by atoms with Gasteiger partial charge in [0.15, 0.2) is 5.82 Å². The third-order valence-corrected chi connectivity index (χ3v) is 2.71. The molecule has 0 bridgehead atoms. The normalized spacial score (nSPS) is 20.8. The van der Waals surface area contributed by atoms with Crippen molar-refractivity contribution in [1.29, 1.82) is 0 Å². The molecule has 78 valence electrons. The van der Waals surface area contributed by atoms with Gasteiger partial charge < -0.3 is 5.73 Å². The van der Waals surface area contributed by atoms with Gasteiger partial charge in [-0.05, 0) is 36.6 Å². The molecule has 1 aliphatic carbocycles. The number of hydrogen-bond acceptors (Lipinski definition) is 4. The molecule has 0 radical (unpaired) electrons. The second kappa shape index (κ2) is 3.65. The summed E-state index contributed by atoms with van der Waals surface area (Å²) in [5.41, 5.74) is 5.78. The monoisotopic (exact) mass is 195 g/mol. The molecular weight excluding hydrogens is 178 g/mol. The van der Waals surface area contributed by atoms with E-state index in [0.717, 1.165) is 11.7 Å². The van der Waals surface area contributed by atoms with Gasteiger partial charge in [0.25, 0.3) is 0 Å². The van der Waals surface area contributed by atoms with Crippen LogP contribution in [0.15, 0.2) is 0 Å². The summed E-state index contributed by atoms with van der Waals surface area (Å²) in [5.74, 6) is 1.67. The molecule has 0 spiro atoms. The van der Waals surface area contributed by atoms with Crippen LogP contribution < -0.4 is 5.73 Å². The van der Waals surface area contributed by atoms with Crippen molar-refractivity contribution in [3.63, 3.8) is 0 Å². The van der Waals surface area contributed by atoms with Gasteiger partial charge in [0.1, 0.15) is 0 Å². The molecule has 1 heterocycles. The van der Waals surface area contributed by atoms with Gasteiger partial charge >= 0.3 is 0 Å². The Labute approximate surface area is 83.7 Å². The molecule has 1 aromatic heterocycles. The van der Waals surface area contributed by atoms with Crippen LogP contribution in [0.3, 0.4) is 0 Å². The highest BCUT2D eigenvalue weighted by atomic mass is 15.6. The van der Waals surface area contributed by atoms with Crippen molar-refractivity contribution in [2.24, 2.45) is 11.7 Å². The van der Waals surface area contributed by atoms with Crippen molar-refractivity contribution >= 4 is 0 Å². The number of tetrazole rings is 1. The second-order valence-electron chi connectivity index (χ2n) is 4.30. The quantitative estimate of drug-likeness (QED) is 0.779. The largest absolute Gasteiger partial charge is 0.322 e. The van der Waals surface area contributed by atoms with Crippen LogP contribution in [0.25, 0.3) is 0 Å². The first-order valence-electron chi connectivity index (χ1n) is 5.22. The van der Waals surface area contributed by atoms with E-state index in [1.54, 1.807) is 0 Å². The summed E-state index contributed by atoms with van der Waals surface area (Å²) in [4.78, 5) is 0. The maximum Gasteiger partial charge on any atom is 0.167 e. The highest BCUT2D eigenvalue weighted by molar-refractivity contribution is 4.90. The SMILES string of the molecule is CC(N)c1nnnn1C(C)CC1CC1.